The number of aliphatic hydroxyl groups is 1. The van der Waals surface area contributed by atoms with E-state index in [2.05, 4.69) is 26.4 Å². The topological polar surface area (TPSA) is 83.3 Å². The zero-order chi connectivity index (χ0) is 18.8. The first kappa shape index (κ1) is 18.1. The Labute approximate surface area is 161 Å². The molecule has 0 aliphatic carbocycles. The van der Waals surface area contributed by atoms with Crippen LogP contribution >= 0.6 is 11.3 Å². The maximum atomic E-state index is 12.7. The van der Waals surface area contributed by atoms with Gasteiger partial charge in [-0.3, -0.25) is 14.4 Å². The van der Waals surface area contributed by atoms with Crippen molar-refractivity contribution >= 4 is 27.5 Å². The van der Waals surface area contributed by atoms with Crippen LogP contribution in [0.2, 0.25) is 0 Å². The van der Waals surface area contributed by atoms with Crippen LogP contribution in [-0.2, 0) is 13.6 Å². The van der Waals surface area contributed by atoms with Crippen LogP contribution in [-0.4, -0.2) is 56.9 Å². The molecule has 2 N–H and O–H groups in total. The molecule has 1 saturated heterocycles. The lowest BCUT2D eigenvalue weighted by atomic mass is 9.95. The van der Waals surface area contributed by atoms with Crippen LogP contribution in [0.5, 0.6) is 0 Å². The first-order valence-electron chi connectivity index (χ1n) is 9.13. The van der Waals surface area contributed by atoms with E-state index < -0.39 is 0 Å². The molecule has 8 heteroatoms. The van der Waals surface area contributed by atoms with E-state index in [0.717, 1.165) is 46.7 Å². The molecule has 27 heavy (non-hydrogen) atoms. The Morgan fingerprint density at radius 3 is 3.07 bits per heavy atom. The molecule has 1 amide bonds. The minimum Gasteiger partial charge on any atom is -0.395 e. The highest BCUT2D eigenvalue weighted by atomic mass is 32.1. The van der Waals surface area contributed by atoms with E-state index in [1.165, 1.54) is 17.0 Å². The van der Waals surface area contributed by atoms with Crippen molar-refractivity contribution < 1.29 is 9.90 Å². The number of hydrogen-bond donors (Lipinski definition) is 2. The molecule has 0 radical (unpaired) electrons. The minimum absolute atomic E-state index is 0.0634. The van der Waals surface area contributed by atoms with Crippen molar-refractivity contribution in [1.82, 2.24) is 25.0 Å². The van der Waals surface area contributed by atoms with Crippen molar-refractivity contribution in [2.24, 2.45) is 7.05 Å². The molecule has 4 heterocycles. The summed E-state index contributed by atoms with van der Waals surface area (Å²) >= 11 is 1.44. The number of pyridine rings is 1. The lowest BCUT2D eigenvalue weighted by molar-refractivity contribution is 0.0947. The number of thiophene rings is 1. The molecule has 0 bridgehead atoms. The number of carbonyl (C=O) groups is 1. The number of rotatable bonds is 6. The molecule has 0 saturated carbocycles. The predicted molar refractivity (Wildman–Crippen MR) is 105 cm³/mol. The van der Waals surface area contributed by atoms with Crippen LogP contribution in [0.15, 0.2) is 30.6 Å². The van der Waals surface area contributed by atoms with Gasteiger partial charge in [-0.05, 0) is 30.7 Å². The highest BCUT2D eigenvalue weighted by Gasteiger charge is 2.31. The van der Waals surface area contributed by atoms with E-state index in [4.69, 9.17) is 5.11 Å². The molecule has 3 aromatic rings. The van der Waals surface area contributed by atoms with Crippen molar-refractivity contribution in [1.29, 1.82) is 0 Å². The summed E-state index contributed by atoms with van der Waals surface area (Å²) in [5, 5.41) is 17.1. The average molecular weight is 385 g/mol. The monoisotopic (exact) mass is 385 g/mol. The summed E-state index contributed by atoms with van der Waals surface area (Å²) in [6.07, 6.45) is 4.60. The van der Waals surface area contributed by atoms with Gasteiger partial charge in [0, 0.05) is 50.4 Å². The highest BCUT2D eigenvalue weighted by molar-refractivity contribution is 7.20. The second-order valence-corrected chi connectivity index (χ2v) is 7.85. The van der Waals surface area contributed by atoms with Crippen molar-refractivity contribution in [2.45, 2.75) is 18.9 Å². The highest BCUT2D eigenvalue weighted by Crippen LogP contribution is 2.39. The molecule has 0 unspecified atom stereocenters. The third kappa shape index (κ3) is 3.60. The molecule has 4 rings (SSSR count). The second-order valence-electron chi connectivity index (χ2n) is 6.85. The van der Waals surface area contributed by atoms with E-state index in [1.54, 1.807) is 6.20 Å². The number of carbonyl (C=O) groups excluding carboxylic acids is 1. The fourth-order valence-corrected chi connectivity index (χ4v) is 4.92. The molecular formula is C19H23N5O2S. The number of nitrogens with one attached hydrogen (secondary N) is 1. The lowest BCUT2D eigenvalue weighted by Gasteiger charge is -2.17. The van der Waals surface area contributed by atoms with E-state index in [-0.39, 0.29) is 19.1 Å². The van der Waals surface area contributed by atoms with Crippen LogP contribution < -0.4 is 5.32 Å². The van der Waals surface area contributed by atoms with Gasteiger partial charge in [0.25, 0.3) is 5.91 Å². The quantitative estimate of drug-likeness (QED) is 0.675. The summed E-state index contributed by atoms with van der Waals surface area (Å²) < 4.78 is 1.91. The van der Waals surface area contributed by atoms with Gasteiger partial charge < -0.3 is 10.4 Å². The fourth-order valence-electron chi connectivity index (χ4n) is 3.77. The Morgan fingerprint density at radius 1 is 1.41 bits per heavy atom. The van der Waals surface area contributed by atoms with Gasteiger partial charge in [-0.15, -0.1) is 11.3 Å². The van der Waals surface area contributed by atoms with Gasteiger partial charge in [-0.25, -0.2) is 4.98 Å². The molecule has 3 aromatic heterocycles. The van der Waals surface area contributed by atoms with Gasteiger partial charge >= 0.3 is 0 Å². The molecular weight excluding hydrogens is 362 g/mol. The number of likely N-dealkylation sites (tertiary alicyclic amines) is 1. The van der Waals surface area contributed by atoms with E-state index in [1.807, 2.05) is 30.1 Å². The van der Waals surface area contributed by atoms with Gasteiger partial charge in [-0.2, -0.15) is 5.10 Å². The molecule has 142 valence electrons. The summed E-state index contributed by atoms with van der Waals surface area (Å²) in [7, 11) is 1.96. The Balaban J connectivity index is 1.60. The number of aryl methyl sites for hydroxylation is 1. The Kier molecular flexibility index (Phi) is 5.20. The van der Waals surface area contributed by atoms with Crippen molar-refractivity contribution in [3.05, 3.63) is 46.7 Å². The number of aliphatic hydroxyl groups excluding tert-OH is 1. The van der Waals surface area contributed by atoms with E-state index in [0.29, 0.717) is 5.92 Å². The number of aromatic nitrogens is 3. The molecule has 1 atom stereocenters. The summed E-state index contributed by atoms with van der Waals surface area (Å²) in [5.41, 5.74) is 2.29. The summed E-state index contributed by atoms with van der Waals surface area (Å²) in [6, 6.07) is 6.03. The first-order chi connectivity index (χ1) is 13.2. The van der Waals surface area contributed by atoms with Gasteiger partial charge in [-0.1, -0.05) is 6.07 Å². The molecule has 7 nitrogen and oxygen atoms in total. The second kappa shape index (κ2) is 7.75. The first-order valence-corrected chi connectivity index (χ1v) is 9.94. The van der Waals surface area contributed by atoms with Gasteiger partial charge in [0.1, 0.15) is 4.83 Å². The average Bonchev–Trinajstić information content (AvgIpc) is 3.38. The van der Waals surface area contributed by atoms with Crippen LogP contribution in [0.25, 0.3) is 10.2 Å². The van der Waals surface area contributed by atoms with Crippen LogP contribution in [0.3, 0.4) is 0 Å². The minimum atomic E-state index is -0.118. The Morgan fingerprint density at radius 2 is 2.30 bits per heavy atom. The Bertz CT molecular complexity index is 951. The molecule has 0 spiro atoms. The zero-order valence-electron chi connectivity index (χ0n) is 15.3. The normalized spacial score (nSPS) is 17.6. The van der Waals surface area contributed by atoms with E-state index >= 15 is 0 Å². The zero-order valence-corrected chi connectivity index (χ0v) is 16.1. The van der Waals surface area contributed by atoms with Crippen molar-refractivity contribution in [3.8, 4) is 0 Å². The molecule has 0 aromatic carbocycles. The van der Waals surface area contributed by atoms with Crippen LogP contribution in [0, 0.1) is 0 Å². The van der Waals surface area contributed by atoms with Crippen LogP contribution in [0.1, 0.15) is 33.3 Å². The third-order valence-corrected chi connectivity index (χ3v) is 6.23. The third-order valence-electron chi connectivity index (χ3n) is 5.10. The molecule has 1 fully saturated rings. The largest absolute Gasteiger partial charge is 0.395 e. The summed E-state index contributed by atoms with van der Waals surface area (Å²) in [4.78, 5) is 21.2. The number of amides is 1. The number of nitrogens with zero attached hydrogens (tertiary/aromatic N) is 4. The SMILES string of the molecule is Cn1nccc1CN1CC[C@H](c2c(C(=O)NCCO)sc3ncccc23)C1. The van der Waals surface area contributed by atoms with Gasteiger partial charge in [0.15, 0.2) is 0 Å². The number of hydrogen-bond acceptors (Lipinski definition) is 6. The van der Waals surface area contributed by atoms with Crippen molar-refractivity contribution in [2.75, 3.05) is 26.2 Å². The Hall–Kier alpha value is -2.29. The predicted octanol–water partition coefficient (Wildman–Crippen LogP) is 1.74. The fraction of sp³-hybridized carbons (Fsp3) is 0.421. The maximum Gasteiger partial charge on any atom is 0.261 e. The van der Waals surface area contributed by atoms with E-state index in [9.17, 15) is 4.79 Å². The molecule has 1 aliphatic rings. The van der Waals surface area contributed by atoms with Crippen LogP contribution in [0.4, 0.5) is 0 Å². The van der Waals surface area contributed by atoms with Gasteiger partial charge in [0.05, 0.1) is 17.2 Å². The summed E-state index contributed by atoms with van der Waals surface area (Å²) in [5.74, 6) is 0.179. The van der Waals surface area contributed by atoms with Crippen molar-refractivity contribution in [3.63, 3.8) is 0 Å². The smallest absolute Gasteiger partial charge is 0.261 e. The van der Waals surface area contributed by atoms with Gasteiger partial charge in [0.2, 0.25) is 0 Å². The standard InChI is InChI=1S/C19H23N5O2S/c1-23-14(4-7-22-23)12-24-9-5-13(11-24)16-15-3-2-6-21-19(15)27-17(16)18(26)20-8-10-25/h2-4,6-7,13,25H,5,8-12H2,1H3,(H,20,26)/t13-/m0/s1. The summed E-state index contributed by atoms with van der Waals surface area (Å²) in [6.45, 7) is 2.96. The molecule has 1 aliphatic heterocycles. The lowest BCUT2D eigenvalue weighted by Crippen LogP contribution is -2.27. The number of fused-ring (bicyclic) bond motifs is 1. The maximum absolute atomic E-state index is 12.7.